The summed E-state index contributed by atoms with van der Waals surface area (Å²) >= 11 is 0. The molecule has 0 aliphatic carbocycles. The van der Waals surface area contributed by atoms with E-state index in [-0.39, 0.29) is 0 Å². The van der Waals surface area contributed by atoms with E-state index in [9.17, 15) is 5.11 Å². The molecule has 1 atom stereocenters. The molecule has 1 N–H and O–H groups in total. The van der Waals surface area contributed by atoms with Crippen LogP contribution in [0.25, 0.3) is 0 Å². The summed E-state index contributed by atoms with van der Waals surface area (Å²) in [6.45, 7) is 4.31. The normalized spacial score (nSPS) is 12.0. The van der Waals surface area contributed by atoms with E-state index in [0.29, 0.717) is 0 Å². The Morgan fingerprint density at radius 2 is 1.45 bits per heavy atom. The van der Waals surface area contributed by atoms with Gasteiger partial charge in [0.2, 0.25) is 0 Å². The van der Waals surface area contributed by atoms with Crippen LogP contribution in [-0.2, 0) is 0 Å². The van der Waals surface area contributed by atoms with Crippen LogP contribution in [-0.4, -0.2) is 10.4 Å². The molecule has 0 fully saturated rings. The maximum Gasteiger partial charge on any atom is 0.0778 e. The quantitative estimate of drug-likeness (QED) is 0.617. The Morgan fingerprint density at radius 3 is 1.73 bits per heavy atom. The van der Waals surface area contributed by atoms with Crippen LogP contribution in [0.2, 0.25) is 0 Å². The molecule has 0 saturated carbocycles. The molecule has 0 radical (unpaired) electrons. The standard InChI is InChI=1S/C9H21OP/c1-3-5-7-9(10,11)8-6-4-2/h10H,3-8,11H2,1-2H3. The van der Waals surface area contributed by atoms with Crippen LogP contribution in [0.5, 0.6) is 0 Å². The van der Waals surface area contributed by atoms with Crippen molar-refractivity contribution < 1.29 is 5.11 Å². The molecule has 0 aliphatic heterocycles. The van der Waals surface area contributed by atoms with Gasteiger partial charge in [-0.2, -0.15) is 0 Å². The summed E-state index contributed by atoms with van der Waals surface area (Å²) in [6, 6.07) is 0. The first kappa shape index (κ1) is 11.4. The summed E-state index contributed by atoms with van der Waals surface area (Å²) in [5, 5.41) is 9.26. The van der Waals surface area contributed by atoms with Crippen LogP contribution in [0.3, 0.4) is 0 Å². The van der Waals surface area contributed by atoms with E-state index in [2.05, 4.69) is 23.1 Å². The molecule has 0 aromatic heterocycles. The van der Waals surface area contributed by atoms with E-state index in [1.54, 1.807) is 0 Å². The first-order valence-electron chi connectivity index (χ1n) is 4.63. The van der Waals surface area contributed by atoms with Crippen molar-refractivity contribution >= 4 is 9.24 Å². The molecule has 0 bridgehead atoms. The first-order chi connectivity index (χ1) is 5.12. The van der Waals surface area contributed by atoms with Gasteiger partial charge in [-0.1, -0.05) is 39.5 Å². The molecule has 11 heavy (non-hydrogen) atoms. The minimum atomic E-state index is -0.480. The minimum absolute atomic E-state index is 0.480. The Labute approximate surface area is 72.8 Å². The van der Waals surface area contributed by atoms with Crippen molar-refractivity contribution in [2.24, 2.45) is 0 Å². The van der Waals surface area contributed by atoms with Crippen molar-refractivity contribution in [1.82, 2.24) is 0 Å². The summed E-state index contributed by atoms with van der Waals surface area (Å²) in [4.78, 5) is 0. The SMILES string of the molecule is CCCCC(O)(P)CCCC. The third-order valence-electron chi connectivity index (χ3n) is 1.93. The maximum atomic E-state index is 9.74. The topological polar surface area (TPSA) is 20.2 Å². The van der Waals surface area contributed by atoms with Gasteiger partial charge in [0.05, 0.1) is 5.34 Å². The molecule has 0 saturated heterocycles. The van der Waals surface area contributed by atoms with Crippen molar-refractivity contribution in [3.05, 3.63) is 0 Å². The van der Waals surface area contributed by atoms with E-state index >= 15 is 0 Å². The second-order valence-electron chi connectivity index (χ2n) is 3.31. The molecular formula is C9H21OP. The van der Waals surface area contributed by atoms with Gasteiger partial charge >= 0.3 is 0 Å². The Morgan fingerprint density at radius 1 is 1.09 bits per heavy atom. The predicted octanol–water partition coefficient (Wildman–Crippen LogP) is 2.93. The number of rotatable bonds is 6. The smallest absolute Gasteiger partial charge is 0.0778 e. The molecule has 0 heterocycles. The molecule has 0 aromatic rings. The average molecular weight is 176 g/mol. The Hall–Kier alpha value is 0.390. The van der Waals surface area contributed by atoms with Crippen LogP contribution in [0.15, 0.2) is 0 Å². The van der Waals surface area contributed by atoms with Crippen LogP contribution >= 0.6 is 9.24 Å². The minimum Gasteiger partial charge on any atom is -0.386 e. The third kappa shape index (κ3) is 6.77. The highest BCUT2D eigenvalue weighted by Crippen LogP contribution is 2.27. The van der Waals surface area contributed by atoms with Gasteiger partial charge in [0.1, 0.15) is 0 Å². The maximum absolute atomic E-state index is 9.74. The fourth-order valence-electron chi connectivity index (χ4n) is 1.09. The predicted molar refractivity (Wildman–Crippen MR) is 53.7 cm³/mol. The average Bonchev–Trinajstić information content (AvgIpc) is 1.97. The summed E-state index contributed by atoms with van der Waals surface area (Å²) in [6.07, 6.45) is 6.45. The molecule has 0 spiro atoms. The largest absolute Gasteiger partial charge is 0.386 e. The highest BCUT2D eigenvalue weighted by Gasteiger charge is 2.17. The Balaban J connectivity index is 3.43. The molecule has 1 nitrogen and oxygen atoms in total. The van der Waals surface area contributed by atoms with Gasteiger partial charge in [-0.3, -0.25) is 0 Å². The van der Waals surface area contributed by atoms with E-state index in [4.69, 9.17) is 0 Å². The second-order valence-corrected chi connectivity index (χ2v) is 4.39. The summed E-state index contributed by atoms with van der Waals surface area (Å²) in [7, 11) is 2.57. The van der Waals surface area contributed by atoms with Gasteiger partial charge in [0, 0.05) is 0 Å². The van der Waals surface area contributed by atoms with Gasteiger partial charge in [0.25, 0.3) is 0 Å². The third-order valence-corrected chi connectivity index (χ3v) is 2.50. The first-order valence-corrected chi connectivity index (χ1v) is 5.21. The Kier molecular flexibility index (Phi) is 6.18. The fourth-order valence-corrected chi connectivity index (χ4v) is 1.50. The zero-order valence-corrected chi connectivity index (χ0v) is 8.92. The lowest BCUT2D eigenvalue weighted by Gasteiger charge is -2.22. The number of hydrogen-bond donors (Lipinski definition) is 1. The highest BCUT2D eigenvalue weighted by molar-refractivity contribution is 7.18. The van der Waals surface area contributed by atoms with E-state index in [1.165, 1.54) is 12.8 Å². The van der Waals surface area contributed by atoms with Crippen molar-refractivity contribution in [3.63, 3.8) is 0 Å². The van der Waals surface area contributed by atoms with Gasteiger partial charge < -0.3 is 5.11 Å². The van der Waals surface area contributed by atoms with Crippen molar-refractivity contribution in [2.45, 2.75) is 57.7 Å². The second kappa shape index (κ2) is 5.97. The fraction of sp³-hybridized carbons (Fsp3) is 1.00. The summed E-state index contributed by atoms with van der Waals surface area (Å²) < 4.78 is 0. The molecule has 1 unspecified atom stereocenters. The molecule has 2 heteroatoms. The van der Waals surface area contributed by atoms with Crippen molar-refractivity contribution in [2.75, 3.05) is 0 Å². The zero-order chi connectivity index (χ0) is 8.74. The lowest BCUT2D eigenvalue weighted by atomic mass is 10.1. The van der Waals surface area contributed by atoms with Crippen LogP contribution in [0, 0.1) is 0 Å². The Bertz CT molecular complexity index is 81.6. The molecule has 0 amide bonds. The van der Waals surface area contributed by atoms with Crippen LogP contribution in [0.4, 0.5) is 0 Å². The summed E-state index contributed by atoms with van der Waals surface area (Å²) in [5.74, 6) is 0. The van der Waals surface area contributed by atoms with E-state index in [1.807, 2.05) is 0 Å². The lowest BCUT2D eigenvalue weighted by Crippen LogP contribution is -2.19. The molecule has 0 rings (SSSR count). The van der Waals surface area contributed by atoms with E-state index in [0.717, 1.165) is 25.7 Å². The zero-order valence-electron chi connectivity index (χ0n) is 7.77. The van der Waals surface area contributed by atoms with E-state index < -0.39 is 5.34 Å². The van der Waals surface area contributed by atoms with Gasteiger partial charge in [-0.15, -0.1) is 9.24 Å². The molecular weight excluding hydrogens is 155 g/mol. The highest BCUT2D eigenvalue weighted by atomic mass is 31.0. The molecule has 0 aliphatic rings. The lowest BCUT2D eigenvalue weighted by molar-refractivity contribution is 0.111. The molecule has 68 valence electrons. The van der Waals surface area contributed by atoms with Gasteiger partial charge in [0.15, 0.2) is 0 Å². The molecule has 0 aromatic carbocycles. The van der Waals surface area contributed by atoms with Crippen molar-refractivity contribution in [1.29, 1.82) is 0 Å². The van der Waals surface area contributed by atoms with Crippen molar-refractivity contribution in [3.8, 4) is 0 Å². The number of hydrogen-bond acceptors (Lipinski definition) is 1. The summed E-state index contributed by atoms with van der Waals surface area (Å²) in [5.41, 5.74) is 0. The number of unbranched alkanes of at least 4 members (excludes halogenated alkanes) is 2. The van der Waals surface area contributed by atoms with Crippen LogP contribution in [0.1, 0.15) is 52.4 Å². The van der Waals surface area contributed by atoms with Crippen LogP contribution < -0.4 is 0 Å². The van der Waals surface area contributed by atoms with Gasteiger partial charge in [-0.05, 0) is 12.8 Å². The number of aliphatic hydroxyl groups is 1. The monoisotopic (exact) mass is 176 g/mol. The van der Waals surface area contributed by atoms with Gasteiger partial charge in [-0.25, -0.2) is 0 Å².